The Balaban J connectivity index is 2.17. The van der Waals surface area contributed by atoms with Gasteiger partial charge in [-0.05, 0) is 37.7 Å². The highest BCUT2D eigenvalue weighted by Gasteiger charge is 2.15. The van der Waals surface area contributed by atoms with Gasteiger partial charge in [0.15, 0.2) is 0 Å². The first kappa shape index (κ1) is 17.2. The van der Waals surface area contributed by atoms with Crippen LogP contribution >= 0.6 is 11.6 Å². The number of nitro benzene ring substituents is 1. The zero-order chi connectivity index (χ0) is 17.0. The fourth-order valence-electron chi connectivity index (χ4n) is 2.55. The normalized spacial score (nSPS) is 10.8. The number of rotatable bonds is 6. The van der Waals surface area contributed by atoms with Gasteiger partial charge in [-0.1, -0.05) is 23.7 Å². The molecule has 0 spiro atoms. The van der Waals surface area contributed by atoms with E-state index in [1.165, 1.54) is 6.07 Å². The van der Waals surface area contributed by atoms with Crippen LogP contribution in [0.4, 0.5) is 5.69 Å². The average Bonchev–Trinajstić information content (AvgIpc) is 2.49. The molecule has 0 aliphatic carbocycles. The third kappa shape index (κ3) is 4.21. The van der Waals surface area contributed by atoms with Gasteiger partial charge in [-0.25, -0.2) is 0 Å². The van der Waals surface area contributed by atoms with Gasteiger partial charge in [-0.3, -0.25) is 15.0 Å². The molecule has 0 aliphatic rings. The van der Waals surface area contributed by atoms with Gasteiger partial charge in [0.05, 0.1) is 12.0 Å². The summed E-state index contributed by atoms with van der Waals surface area (Å²) in [5.74, 6) is 0.775. The lowest BCUT2D eigenvalue weighted by Gasteiger charge is -2.19. The van der Waals surface area contributed by atoms with Gasteiger partial charge >= 0.3 is 0 Å². The Hall–Kier alpha value is -2.11. The minimum Gasteiger partial charge on any atom is -0.496 e. The number of hydrogen-bond donors (Lipinski definition) is 0. The second-order valence-corrected chi connectivity index (χ2v) is 5.88. The van der Waals surface area contributed by atoms with Crippen molar-refractivity contribution in [2.75, 3.05) is 14.2 Å². The van der Waals surface area contributed by atoms with Crippen molar-refractivity contribution in [1.29, 1.82) is 0 Å². The van der Waals surface area contributed by atoms with E-state index in [4.69, 9.17) is 16.3 Å². The minimum atomic E-state index is -0.348. The summed E-state index contributed by atoms with van der Waals surface area (Å²) >= 11 is 6.05. The van der Waals surface area contributed by atoms with Crippen LogP contribution in [0.5, 0.6) is 5.75 Å². The number of nitro groups is 1. The molecule has 0 heterocycles. The molecule has 0 saturated carbocycles. The van der Waals surface area contributed by atoms with E-state index in [0.29, 0.717) is 23.7 Å². The molecule has 0 unspecified atom stereocenters. The van der Waals surface area contributed by atoms with Crippen molar-refractivity contribution < 1.29 is 9.66 Å². The molecule has 0 fully saturated rings. The molecule has 0 aromatic heterocycles. The van der Waals surface area contributed by atoms with Gasteiger partial charge < -0.3 is 4.74 Å². The zero-order valence-electron chi connectivity index (χ0n) is 13.4. The number of halogens is 1. The van der Waals surface area contributed by atoms with Crippen molar-refractivity contribution in [1.82, 2.24) is 4.90 Å². The molecule has 2 aromatic rings. The van der Waals surface area contributed by atoms with Gasteiger partial charge in [0.1, 0.15) is 5.75 Å². The molecule has 2 rings (SSSR count). The Labute approximate surface area is 140 Å². The number of hydrogen-bond acceptors (Lipinski definition) is 4. The summed E-state index contributed by atoms with van der Waals surface area (Å²) in [4.78, 5) is 12.8. The minimum absolute atomic E-state index is 0.149. The zero-order valence-corrected chi connectivity index (χ0v) is 14.1. The maximum absolute atomic E-state index is 11.0. The van der Waals surface area contributed by atoms with Crippen LogP contribution < -0.4 is 4.74 Å². The van der Waals surface area contributed by atoms with Crippen molar-refractivity contribution in [3.05, 3.63) is 68.2 Å². The van der Waals surface area contributed by atoms with Crippen molar-refractivity contribution in [2.24, 2.45) is 0 Å². The highest BCUT2D eigenvalue weighted by atomic mass is 35.5. The summed E-state index contributed by atoms with van der Waals surface area (Å²) in [6, 6.07) is 10.6. The van der Waals surface area contributed by atoms with Crippen molar-refractivity contribution >= 4 is 17.3 Å². The maximum atomic E-state index is 11.0. The summed E-state index contributed by atoms with van der Waals surface area (Å²) < 4.78 is 5.35. The van der Waals surface area contributed by atoms with E-state index < -0.39 is 0 Å². The van der Waals surface area contributed by atoms with Crippen LogP contribution in [0.3, 0.4) is 0 Å². The van der Waals surface area contributed by atoms with Crippen molar-refractivity contribution in [3.8, 4) is 5.75 Å². The highest BCUT2D eigenvalue weighted by Crippen LogP contribution is 2.26. The number of benzene rings is 2. The first-order valence-corrected chi connectivity index (χ1v) is 7.54. The van der Waals surface area contributed by atoms with Crippen LogP contribution in [-0.4, -0.2) is 24.0 Å². The molecule has 0 atom stereocenters. The largest absolute Gasteiger partial charge is 0.496 e. The third-order valence-corrected chi connectivity index (χ3v) is 3.97. The topological polar surface area (TPSA) is 55.6 Å². The standard InChI is InChI=1S/C17H19ClN2O3/c1-12-13(5-4-6-16(12)20(21)22)10-19(2)11-14-9-15(18)7-8-17(14)23-3/h4-9H,10-11H2,1-3H3. The maximum Gasteiger partial charge on any atom is 0.272 e. The molecule has 2 aromatic carbocycles. The average molecular weight is 335 g/mol. The summed E-state index contributed by atoms with van der Waals surface area (Å²) in [5.41, 5.74) is 2.76. The Morgan fingerprint density at radius 2 is 1.91 bits per heavy atom. The Bertz CT molecular complexity index is 719. The van der Waals surface area contributed by atoms with Crippen LogP contribution in [-0.2, 0) is 13.1 Å². The number of nitrogens with zero attached hydrogens (tertiary/aromatic N) is 2. The summed E-state index contributed by atoms with van der Waals surface area (Å²) in [6.45, 7) is 3.01. The third-order valence-electron chi connectivity index (χ3n) is 3.74. The first-order chi connectivity index (χ1) is 10.9. The predicted molar refractivity (Wildman–Crippen MR) is 91.0 cm³/mol. The molecule has 122 valence electrons. The second-order valence-electron chi connectivity index (χ2n) is 5.45. The molecule has 0 N–H and O–H groups in total. The smallest absolute Gasteiger partial charge is 0.272 e. The summed E-state index contributed by atoms with van der Waals surface area (Å²) in [6.07, 6.45) is 0. The SMILES string of the molecule is COc1ccc(Cl)cc1CN(C)Cc1cccc([N+](=O)[O-])c1C. The molecular weight excluding hydrogens is 316 g/mol. The molecular formula is C17H19ClN2O3. The van der Waals surface area contributed by atoms with Crippen LogP contribution in [0, 0.1) is 17.0 Å². The van der Waals surface area contributed by atoms with Crippen molar-refractivity contribution in [3.63, 3.8) is 0 Å². The van der Waals surface area contributed by atoms with Crippen LogP contribution in [0.1, 0.15) is 16.7 Å². The lowest BCUT2D eigenvalue weighted by atomic mass is 10.1. The molecule has 0 bridgehead atoms. The summed E-state index contributed by atoms with van der Waals surface area (Å²) in [5, 5.41) is 11.7. The van der Waals surface area contributed by atoms with Crippen molar-refractivity contribution in [2.45, 2.75) is 20.0 Å². The van der Waals surface area contributed by atoms with Gasteiger partial charge in [0, 0.05) is 35.3 Å². The molecule has 0 aliphatic heterocycles. The van der Waals surface area contributed by atoms with Gasteiger partial charge in [-0.15, -0.1) is 0 Å². The Kier molecular flexibility index (Phi) is 5.58. The Morgan fingerprint density at radius 1 is 1.22 bits per heavy atom. The fourth-order valence-corrected chi connectivity index (χ4v) is 2.74. The van der Waals surface area contributed by atoms with Gasteiger partial charge in [-0.2, -0.15) is 0 Å². The second kappa shape index (κ2) is 7.44. The van der Waals surface area contributed by atoms with Crippen LogP contribution in [0.25, 0.3) is 0 Å². The molecule has 23 heavy (non-hydrogen) atoms. The van der Waals surface area contributed by atoms with Crippen LogP contribution in [0.2, 0.25) is 5.02 Å². The number of methoxy groups -OCH3 is 1. The van der Waals surface area contributed by atoms with Gasteiger partial charge in [0.2, 0.25) is 0 Å². The van der Waals surface area contributed by atoms with E-state index in [0.717, 1.165) is 16.9 Å². The predicted octanol–water partition coefficient (Wildman–Crippen LogP) is 4.20. The fraction of sp³-hybridized carbons (Fsp3) is 0.294. The Morgan fingerprint density at radius 3 is 2.57 bits per heavy atom. The van der Waals surface area contributed by atoms with E-state index >= 15 is 0 Å². The van der Waals surface area contributed by atoms with E-state index in [-0.39, 0.29) is 10.6 Å². The van der Waals surface area contributed by atoms with E-state index in [1.54, 1.807) is 26.2 Å². The lowest BCUT2D eigenvalue weighted by Crippen LogP contribution is -2.18. The highest BCUT2D eigenvalue weighted by molar-refractivity contribution is 6.30. The molecule has 0 amide bonds. The number of ether oxygens (including phenoxy) is 1. The molecule has 0 saturated heterocycles. The first-order valence-electron chi connectivity index (χ1n) is 7.16. The van der Waals surface area contributed by atoms with E-state index in [9.17, 15) is 10.1 Å². The lowest BCUT2D eigenvalue weighted by molar-refractivity contribution is -0.385. The molecule has 5 nitrogen and oxygen atoms in total. The summed E-state index contributed by atoms with van der Waals surface area (Å²) in [7, 11) is 3.58. The van der Waals surface area contributed by atoms with E-state index in [2.05, 4.69) is 4.90 Å². The van der Waals surface area contributed by atoms with Crippen LogP contribution in [0.15, 0.2) is 36.4 Å². The van der Waals surface area contributed by atoms with Gasteiger partial charge in [0.25, 0.3) is 5.69 Å². The monoisotopic (exact) mass is 334 g/mol. The quantitative estimate of drug-likeness (QED) is 0.587. The molecule has 0 radical (unpaired) electrons. The molecule has 6 heteroatoms. The van der Waals surface area contributed by atoms with E-state index in [1.807, 2.05) is 25.2 Å².